The minimum absolute atomic E-state index is 0.144. The molecule has 0 aromatic heterocycles. The number of aryl methyl sites for hydroxylation is 1. The minimum Gasteiger partial charge on any atom is -0.310 e. The maximum Gasteiger partial charge on any atom is 0.128 e. The van der Waals surface area contributed by atoms with Gasteiger partial charge in [0.1, 0.15) is 11.6 Å². The first-order chi connectivity index (χ1) is 10.2. The molecule has 0 heterocycles. The first-order valence-electron chi connectivity index (χ1n) is 7.43. The Morgan fingerprint density at radius 2 is 1.81 bits per heavy atom. The van der Waals surface area contributed by atoms with Crippen molar-refractivity contribution in [2.45, 2.75) is 32.2 Å². The van der Waals surface area contributed by atoms with Gasteiger partial charge in [-0.05, 0) is 49.6 Å². The van der Waals surface area contributed by atoms with Gasteiger partial charge in [-0.25, -0.2) is 8.78 Å². The fourth-order valence-electron chi connectivity index (χ4n) is 2.55. The second-order valence-corrected chi connectivity index (χ2v) is 5.15. The number of benzene rings is 2. The van der Waals surface area contributed by atoms with E-state index in [-0.39, 0.29) is 11.9 Å². The van der Waals surface area contributed by atoms with Crippen LogP contribution in [0, 0.1) is 11.6 Å². The number of hydrogen-bond acceptors (Lipinski definition) is 1. The highest BCUT2D eigenvalue weighted by atomic mass is 19.1. The molecule has 0 saturated carbocycles. The predicted molar refractivity (Wildman–Crippen MR) is 82.2 cm³/mol. The molecular formula is C18H21F2N. The van der Waals surface area contributed by atoms with Crippen molar-refractivity contribution in [2.24, 2.45) is 0 Å². The molecule has 1 N–H and O–H groups in total. The third-order valence-corrected chi connectivity index (χ3v) is 3.59. The Morgan fingerprint density at radius 3 is 2.52 bits per heavy atom. The zero-order chi connectivity index (χ0) is 15.1. The van der Waals surface area contributed by atoms with Gasteiger partial charge >= 0.3 is 0 Å². The molecule has 0 bridgehead atoms. The highest BCUT2D eigenvalue weighted by Crippen LogP contribution is 2.23. The summed E-state index contributed by atoms with van der Waals surface area (Å²) in [6, 6.07) is 13.7. The van der Waals surface area contributed by atoms with E-state index in [2.05, 4.69) is 17.4 Å². The third-order valence-electron chi connectivity index (χ3n) is 3.59. The molecule has 2 aromatic rings. The van der Waals surface area contributed by atoms with E-state index in [0.29, 0.717) is 5.56 Å². The highest BCUT2D eigenvalue weighted by Gasteiger charge is 2.15. The number of halogens is 2. The molecule has 1 atom stereocenters. The number of nitrogens with one attached hydrogen (secondary N) is 1. The Balaban J connectivity index is 2.00. The van der Waals surface area contributed by atoms with E-state index in [4.69, 9.17) is 0 Å². The van der Waals surface area contributed by atoms with Gasteiger partial charge in [-0.15, -0.1) is 0 Å². The van der Waals surface area contributed by atoms with Crippen molar-refractivity contribution in [3.05, 3.63) is 71.3 Å². The van der Waals surface area contributed by atoms with Crippen molar-refractivity contribution in [1.29, 1.82) is 0 Å². The largest absolute Gasteiger partial charge is 0.310 e. The zero-order valence-electron chi connectivity index (χ0n) is 12.3. The van der Waals surface area contributed by atoms with Gasteiger partial charge in [-0.1, -0.05) is 37.3 Å². The molecule has 0 aliphatic heterocycles. The van der Waals surface area contributed by atoms with Crippen molar-refractivity contribution < 1.29 is 8.78 Å². The summed E-state index contributed by atoms with van der Waals surface area (Å²) in [5, 5.41) is 3.25. The molecule has 0 spiro atoms. The third kappa shape index (κ3) is 4.64. The Morgan fingerprint density at radius 1 is 1.05 bits per heavy atom. The van der Waals surface area contributed by atoms with E-state index in [1.165, 1.54) is 17.7 Å². The van der Waals surface area contributed by atoms with E-state index in [9.17, 15) is 8.78 Å². The van der Waals surface area contributed by atoms with Crippen LogP contribution < -0.4 is 5.32 Å². The van der Waals surface area contributed by atoms with Gasteiger partial charge in [-0.2, -0.15) is 0 Å². The second-order valence-electron chi connectivity index (χ2n) is 5.15. The maximum absolute atomic E-state index is 13.9. The van der Waals surface area contributed by atoms with Gasteiger partial charge in [-0.3, -0.25) is 0 Å². The fourth-order valence-corrected chi connectivity index (χ4v) is 2.55. The lowest BCUT2D eigenvalue weighted by molar-refractivity contribution is 0.468. The van der Waals surface area contributed by atoms with Crippen molar-refractivity contribution in [2.75, 3.05) is 6.54 Å². The average Bonchev–Trinajstić information content (AvgIpc) is 2.50. The van der Waals surface area contributed by atoms with Gasteiger partial charge < -0.3 is 5.32 Å². The monoisotopic (exact) mass is 289 g/mol. The second kappa shape index (κ2) is 7.89. The number of rotatable bonds is 7. The van der Waals surface area contributed by atoms with Crippen molar-refractivity contribution in [1.82, 2.24) is 5.32 Å². The quantitative estimate of drug-likeness (QED) is 0.783. The Labute approximate surface area is 125 Å². The molecular weight excluding hydrogens is 268 g/mol. The van der Waals surface area contributed by atoms with E-state index in [1.54, 1.807) is 0 Å². The predicted octanol–water partition coefficient (Wildman–Crippen LogP) is 4.64. The average molecular weight is 289 g/mol. The van der Waals surface area contributed by atoms with Crippen molar-refractivity contribution in [3.63, 3.8) is 0 Å². The molecule has 0 fully saturated rings. The summed E-state index contributed by atoms with van der Waals surface area (Å²) >= 11 is 0. The minimum atomic E-state index is -0.391. The molecule has 0 saturated heterocycles. The maximum atomic E-state index is 13.9. The van der Waals surface area contributed by atoms with Crippen LogP contribution in [0.5, 0.6) is 0 Å². The van der Waals surface area contributed by atoms with Gasteiger partial charge in [0, 0.05) is 11.6 Å². The lowest BCUT2D eigenvalue weighted by Crippen LogP contribution is -2.22. The van der Waals surface area contributed by atoms with Gasteiger partial charge in [0.25, 0.3) is 0 Å². The van der Waals surface area contributed by atoms with Gasteiger partial charge in [0.2, 0.25) is 0 Å². The first kappa shape index (κ1) is 15.6. The highest BCUT2D eigenvalue weighted by molar-refractivity contribution is 5.22. The van der Waals surface area contributed by atoms with Crippen LogP contribution in [0.3, 0.4) is 0 Å². The van der Waals surface area contributed by atoms with Crippen LogP contribution in [0.1, 0.15) is 36.9 Å². The standard InChI is InChI=1S/C18H21F2N/c1-2-21-18(16-13-15(19)11-12-17(16)20)10-6-9-14-7-4-3-5-8-14/h3-5,7-8,11-13,18,21H,2,6,9-10H2,1H3. The van der Waals surface area contributed by atoms with E-state index < -0.39 is 5.82 Å². The van der Waals surface area contributed by atoms with Crippen LogP contribution in [0.4, 0.5) is 8.78 Å². The molecule has 3 heteroatoms. The van der Waals surface area contributed by atoms with Crippen LogP contribution in [-0.2, 0) is 6.42 Å². The molecule has 21 heavy (non-hydrogen) atoms. The topological polar surface area (TPSA) is 12.0 Å². The molecule has 0 amide bonds. The summed E-state index contributed by atoms with van der Waals surface area (Å²) in [7, 11) is 0. The van der Waals surface area contributed by atoms with Gasteiger partial charge in [0.15, 0.2) is 0 Å². The fraction of sp³-hybridized carbons (Fsp3) is 0.333. The molecule has 2 aromatic carbocycles. The lowest BCUT2D eigenvalue weighted by Gasteiger charge is -2.19. The molecule has 0 aliphatic carbocycles. The Bertz CT molecular complexity index is 554. The molecule has 112 valence electrons. The summed E-state index contributed by atoms with van der Waals surface area (Å²) in [6.45, 7) is 2.70. The summed E-state index contributed by atoms with van der Waals surface area (Å²) in [5.74, 6) is -0.737. The summed E-state index contributed by atoms with van der Waals surface area (Å²) < 4.78 is 27.2. The SMILES string of the molecule is CCNC(CCCc1ccccc1)c1cc(F)ccc1F. The van der Waals surface area contributed by atoms with Crippen LogP contribution in [0.15, 0.2) is 48.5 Å². The first-order valence-corrected chi connectivity index (χ1v) is 7.43. The summed E-state index contributed by atoms with van der Waals surface area (Å²) in [5.41, 5.74) is 1.69. The van der Waals surface area contributed by atoms with E-state index >= 15 is 0 Å². The molecule has 1 unspecified atom stereocenters. The van der Waals surface area contributed by atoms with Crippen LogP contribution >= 0.6 is 0 Å². The van der Waals surface area contributed by atoms with Gasteiger partial charge in [0.05, 0.1) is 0 Å². The van der Waals surface area contributed by atoms with Crippen LogP contribution in [-0.4, -0.2) is 6.54 Å². The summed E-state index contributed by atoms with van der Waals surface area (Å²) in [6.07, 6.45) is 2.65. The summed E-state index contributed by atoms with van der Waals surface area (Å²) in [4.78, 5) is 0. The zero-order valence-corrected chi connectivity index (χ0v) is 12.3. The lowest BCUT2D eigenvalue weighted by atomic mass is 9.98. The Hall–Kier alpha value is -1.74. The smallest absolute Gasteiger partial charge is 0.128 e. The molecule has 2 rings (SSSR count). The molecule has 0 aliphatic rings. The van der Waals surface area contributed by atoms with Crippen molar-refractivity contribution >= 4 is 0 Å². The van der Waals surface area contributed by atoms with Crippen LogP contribution in [0.25, 0.3) is 0 Å². The molecule has 0 radical (unpaired) electrons. The molecule has 1 nitrogen and oxygen atoms in total. The normalized spacial score (nSPS) is 12.3. The van der Waals surface area contributed by atoms with E-state index in [0.717, 1.165) is 31.9 Å². The number of hydrogen-bond donors (Lipinski definition) is 1. The Kier molecular flexibility index (Phi) is 5.88. The van der Waals surface area contributed by atoms with E-state index in [1.807, 2.05) is 25.1 Å². The van der Waals surface area contributed by atoms with Crippen LogP contribution in [0.2, 0.25) is 0 Å². The van der Waals surface area contributed by atoms with Crippen molar-refractivity contribution in [3.8, 4) is 0 Å².